The number of halogens is 2. The average Bonchev–Trinajstić information content (AvgIpc) is 2.67. The highest BCUT2D eigenvalue weighted by molar-refractivity contribution is 9.12. The molecule has 96 valence electrons. The maximum Gasteiger partial charge on any atom is 0.119 e. The highest BCUT2D eigenvalue weighted by Crippen LogP contribution is 2.37. The first-order valence-corrected chi connectivity index (χ1v) is 7.78. The van der Waals surface area contributed by atoms with Crippen molar-refractivity contribution in [3.8, 4) is 5.75 Å². The summed E-state index contributed by atoms with van der Waals surface area (Å²) in [7, 11) is 1.67. The van der Waals surface area contributed by atoms with Crippen LogP contribution < -0.4 is 10.5 Å². The van der Waals surface area contributed by atoms with Crippen molar-refractivity contribution >= 4 is 43.2 Å². The van der Waals surface area contributed by atoms with E-state index in [4.69, 9.17) is 10.5 Å². The summed E-state index contributed by atoms with van der Waals surface area (Å²) in [4.78, 5) is 0. The Morgan fingerprint density at radius 1 is 1.22 bits per heavy atom. The number of aryl methyl sites for hydroxylation is 1. The van der Waals surface area contributed by atoms with Crippen LogP contribution in [0.25, 0.3) is 0 Å². The minimum Gasteiger partial charge on any atom is -0.497 e. The van der Waals surface area contributed by atoms with Crippen LogP contribution in [0, 0.1) is 6.92 Å². The van der Waals surface area contributed by atoms with E-state index in [2.05, 4.69) is 37.9 Å². The molecule has 2 rings (SSSR count). The summed E-state index contributed by atoms with van der Waals surface area (Å²) in [6, 6.07) is 7.90. The number of hydrogen-bond acceptors (Lipinski definition) is 3. The molecule has 0 bridgehead atoms. The van der Waals surface area contributed by atoms with Crippen LogP contribution in [0.3, 0.4) is 0 Å². The number of methoxy groups -OCH3 is 1. The third kappa shape index (κ3) is 2.79. The normalized spacial score (nSPS) is 12.5. The number of hydrogen-bond donors (Lipinski definition) is 1. The van der Waals surface area contributed by atoms with Crippen molar-refractivity contribution in [2.24, 2.45) is 5.73 Å². The van der Waals surface area contributed by atoms with Gasteiger partial charge >= 0.3 is 0 Å². The van der Waals surface area contributed by atoms with Crippen LogP contribution in [0.1, 0.15) is 22.7 Å². The van der Waals surface area contributed by atoms with Crippen molar-refractivity contribution < 1.29 is 4.74 Å². The maximum atomic E-state index is 6.34. The monoisotopic (exact) mass is 389 g/mol. The van der Waals surface area contributed by atoms with E-state index in [1.807, 2.05) is 25.1 Å². The number of thiophene rings is 1. The zero-order chi connectivity index (χ0) is 13.3. The molecule has 0 saturated heterocycles. The highest BCUT2D eigenvalue weighted by Gasteiger charge is 2.17. The minimum absolute atomic E-state index is 0.132. The smallest absolute Gasteiger partial charge is 0.119 e. The van der Waals surface area contributed by atoms with Gasteiger partial charge in [0.1, 0.15) is 5.75 Å². The van der Waals surface area contributed by atoms with Crippen LogP contribution >= 0.6 is 43.2 Å². The maximum absolute atomic E-state index is 6.34. The predicted molar refractivity (Wildman–Crippen MR) is 83.5 cm³/mol. The lowest BCUT2D eigenvalue weighted by Gasteiger charge is -2.15. The van der Waals surface area contributed by atoms with E-state index in [9.17, 15) is 0 Å². The fraction of sp³-hybridized carbons (Fsp3) is 0.231. The topological polar surface area (TPSA) is 35.2 Å². The zero-order valence-corrected chi connectivity index (χ0v) is 14.0. The van der Waals surface area contributed by atoms with Crippen molar-refractivity contribution in [2.45, 2.75) is 13.0 Å². The standard InChI is InChI=1S/C13H13Br2NOS/c1-7-5-8(17-2)3-4-9(7)12(16)10-6-11(14)18-13(10)15/h3-6,12H,16H2,1-2H3. The minimum atomic E-state index is -0.132. The van der Waals surface area contributed by atoms with Gasteiger partial charge in [0, 0.05) is 0 Å². The van der Waals surface area contributed by atoms with Crippen LogP contribution in [-0.4, -0.2) is 7.11 Å². The molecular formula is C13H13Br2NOS. The van der Waals surface area contributed by atoms with E-state index in [0.29, 0.717) is 0 Å². The van der Waals surface area contributed by atoms with Crippen molar-refractivity contribution in [2.75, 3.05) is 7.11 Å². The molecule has 0 aliphatic carbocycles. The van der Waals surface area contributed by atoms with E-state index in [1.54, 1.807) is 18.4 Å². The summed E-state index contributed by atoms with van der Waals surface area (Å²) in [5.74, 6) is 0.856. The molecule has 2 nitrogen and oxygen atoms in total. The number of rotatable bonds is 3. The van der Waals surface area contributed by atoms with Crippen LogP contribution in [0.2, 0.25) is 0 Å². The lowest BCUT2D eigenvalue weighted by Crippen LogP contribution is -2.12. The van der Waals surface area contributed by atoms with E-state index >= 15 is 0 Å². The summed E-state index contributed by atoms with van der Waals surface area (Å²) < 4.78 is 7.35. The molecule has 0 aliphatic rings. The van der Waals surface area contributed by atoms with Gasteiger partial charge in [0.15, 0.2) is 0 Å². The second kappa shape index (κ2) is 5.74. The molecule has 2 aromatic rings. The zero-order valence-electron chi connectivity index (χ0n) is 10.0. The summed E-state index contributed by atoms with van der Waals surface area (Å²) in [6.45, 7) is 2.05. The molecule has 0 saturated carbocycles. The van der Waals surface area contributed by atoms with Crippen LogP contribution in [-0.2, 0) is 0 Å². The lowest BCUT2D eigenvalue weighted by atomic mass is 9.97. The highest BCUT2D eigenvalue weighted by atomic mass is 79.9. The molecule has 1 unspecified atom stereocenters. The molecule has 2 N–H and O–H groups in total. The second-order valence-electron chi connectivity index (χ2n) is 3.98. The molecule has 5 heteroatoms. The van der Waals surface area contributed by atoms with Crippen LogP contribution in [0.5, 0.6) is 5.75 Å². The molecule has 0 spiro atoms. The molecule has 0 aliphatic heterocycles. The first-order chi connectivity index (χ1) is 8.52. The molecule has 1 aromatic heterocycles. The van der Waals surface area contributed by atoms with Gasteiger partial charge in [0.05, 0.1) is 20.7 Å². The van der Waals surface area contributed by atoms with Gasteiger partial charge in [-0.2, -0.15) is 0 Å². The van der Waals surface area contributed by atoms with E-state index in [-0.39, 0.29) is 6.04 Å². The number of nitrogens with two attached hydrogens (primary N) is 1. The van der Waals surface area contributed by atoms with Crippen LogP contribution in [0.15, 0.2) is 31.8 Å². The molecule has 0 fully saturated rings. The van der Waals surface area contributed by atoms with Gasteiger partial charge in [-0.15, -0.1) is 11.3 Å². The van der Waals surface area contributed by atoms with Gasteiger partial charge < -0.3 is 10.5 Å². The Bertz CT molecular complexity index is 568. The first-order valence-electron chi connectivity index (χ1n) is 5.37. The Morgan fingerprint density at radius 3 is 2.44 bits per heavy atom. The molecular weight excluding hydrogens is 378 g/mol. The number of benzene rings is 1. The SMILES string of the molecule is COc1ccc(C(N)c2cc(Br)sc2Br)c(C)c1. The fourth-order valence-corrected chi connectivity index (χ4v) is 4.79. The van der Waals surface area contributed by atoms with Gasteiger partial charge in [-0.05, 0) is 73.7 Å². The third-order valence-corrected chi connectivity index (χ3v) is 5.22. The summed E-state index contributed by atoms with van der Waals surface area (Å²) in [5, 5.41) is 0. The van der Waals surface area contributed by atoms with Crippen molar-refractivity contribution in [1.82, 2.24) is 0 Å². The Kier molecular flexibility index (Phi) is 4.48. The lowest BCUT2D eigenvalue weighted by molar-refractivity contribution is 0.414. The van der Waals surface area contributed by atoms with Crippen molar-refractivity contribution in [3.63, 3.8) is 0 Å². The van der Waals surface area contributed by atoms with Crippen LogP contribution in [0.4, 0.5) is 0 Å². The second-order valence-corrected chi connectivity index (χ2v) is 7.73. The Hall–Kier alpha value is -0.360. The van der Waals surface area contributed by atoms with Gasteiger partial charge in [0.25, 0.3) is 0 Å². The molecule has 0 amide bonds. The predicted octanol–water partition coefficient (Wildman–Crippen LogP) is 4.64. The average molecular weight is 391 g/mol. The van der Waals surface area contributed by atoms with Gasteiger partial charge in [0.2, 0.25) is 0 Å². The largest absolute Gasteiger partial charge is 0.497 e. The molecule has 0 radical (unpaired) electrons. The van der Waals surface area contributed by atoms with E-state index in [0.717, 1.165) is 30.0 Å². The first kappa shape index (κ1) is 14.1. The molecule has 1 heterocycles. The Morgan fingerprint density at radius 2 is 1.94 bits per heavy atom. The van der Waals surface area contributed by atoms with E-state index < -0.39 is 0 Å². The quantitative estimate of drug-likeness (QED) is 0.828. The van der Waals surface area contributed by atoms with Gasteiger partial charge in [-0.1, -0.05) is 6.07 Å². The van der Waals surface area contributed by atoms with Crippen molar-refractivity contribution in [3.05, 3.63) is 48.5 Å². The van der Waals surface area contributed by atoms with Crippen molar-refractivity contribution in [1.29, 1.82) is 0 Å². The number of ether oxygens (including phenoxy) is 1. The molecule has 18 heavy (non-hydrogen) atoms. The third-order valence-electron chi connectivity index (χ3n) is 2.83. The molecule has 1 aromatic carbocycles. The Labute approximate surface area is 127 Å². The summed E-state index contributed by atoms with van der Waals surface area (Å²) in [6.07, 6.45) is 0. The summed E-state index contributed by atoms with van der Waals surface area (Å²) >= 11 is 8.66. The van der Waals surface area contributed by atoms with Gasteiger partial charge in [-0.3, -0.25) is 0 Å². The fourth-order valence-electron chi connectivity index (χ4n) is 1.86. The summed E-state index contributed by atoms with van der Waals surface area (Å²) in [5.41, 5.74) is 9.68. The van der Waals surface area contributed by atoms with E-state index in [1.165, 1.54) is 0 Å². The Balaban J connectivity index is 2.39. The molecule has 1 atom stereocenters. The van der Waals surface area contributed by atoms with Gasteiger partial charge in [-0.25, -0.2) is 0 Å².